The molecule has 3 rings (SSSR count). The van der Waals surface area contributed by atoms with Gasteiger partial charge in [0, 0.05) is 44.1 Å². The van der Waals surface area contributed by atoms with Crippen LogP contribution in [0.4, 0.5) is 0 Å². The number of hydrogen-bond acceptors (Lipinski definition) is 5. The van der Waals surface area contributed by atoms with Crippen molar-refractivity contribution in [3.05, 3.63) is 58.5 Å². The Kier molecular flexibility index (Phi) is 5.33. The Labute approximate surface area is 157 Å². The van der Waals surface area contributed by atoms with Crippen molar-refractivity contribution in [1.29, 1.82) is 0 Å². The van der Waals surface area contributed by atoms with Crippen molar-refractivity contribution in [3.8, 4) is 11.4 Å². The highest BCUT2D eigenvalue weighted by atomic mass is 32.2. The van der Waals surface area contributed by atoms with Gasteiger partial charge in [0.25, 0.3) is 11.5 Å². The quantitative estimate of drug-likeness (QED) is 0.760. The number of carbonyl (C=O) groups is 1. The van der Waals surface area contributed by atoms with Crippen LogP contribution in [0.3, 0.4) is 0 Å². The van der Waals surface area contributed by atoms with Gasteiger partial charge in [-0.1, -0.05) is 0 Å². The molecule has 0 radical (unpaired) electrons. The third-order valence-electron chi connectivity index (χ3n) is 4.50. The van der Waals surface area contributed by atoms with Crippen LogP contribution in [0.15, 0.2) is 47.4 Å². The number of piperazine rings is 1. The van der Waals surface area contributed by atoms with E-state index in [4.69, 9.17) is 4.74 Å². The molecule has 0 atom stereocenters. The van der Waals surface area contributed by atoms with Crippen molar-refractivity contribution in [3.63, 3.8) is 0 Å². The molecule has 1 aromatic carbocycles. The lowest BCUT2D eigenvalue weighted by Gasteiger charge is -2.33. The minimum Gasteiger partial charge on any atom is -0.497 e. The van der Waals surface area contributed by atoms with Gasteiger partial charge in [-0.25, -0.2) is 8.42 Å². The molecule has 1 saturated heterocycles. The van der Waals surface area contributed by atoms with Gasteiger partial charge in [0.05, 0.1) is 18.9 Å². The van der Waals surface area contributed by atoms with Gasteiger partial charge in [0.15, 0.2) is 0 Å². The van der Waals surface area contributed by atoms with Crippen molar-refractivity contribution in [1.82, 2.24) is 13.8 Å². The van der Waals surface area contributed by atoms with Crippen LogP contribution in [-0.4, -0.2) is 67.6 Å². The van der Waals surface area contributed by atoms with E-state index in [1.165, 1.54) is 27.2 Å². The fourth-order valence-corrected chi connectivity index (χ4v) is 3.79. The molecule has 2 aromatic rings. The Morgan fingerprint density at radius 1 is 1.00 bits per heavy atom. The molecule has 1 aliphatic rings. The van der Waals surface area contributed by atoms with Gasteiger partial charge in [-0.05, 0) is 30.3 Å². The van der Waals surface area contributed by atoms with Crippen molar-refractivity contribution in [2.24, 2.45) is 0 Å². The van der Waals surface area contributed by atoms with Crippen LogP contribution in [-0.2, 0) is 10.0 Å². The molecule has 0 spiro atoms. The van der Waals surface area contributed by atoms with E-state index in [0.29, 0.717) is 30.1 Å². The van der Waals surface area contributed by atoms with Gasteiger partial charge < -0.3 is 9.64 Å². The number of methoxy groups -OCH3 is 1. The number of amides is 1. The van der Waals surface area contributed by atoms with Crippen LogP contribution in [0.25, 0.3) is 5.69 Å². The molecule has 2 heterocycles. The molecule has 0 N–H and O–H groups in total. The van der Waals surface area contributed by atoms with Crippen LogP contribution in [0.1, 0.15) is 10.4 Å². The van der Waals surface area contributed by atoms with E-state index in [9.17, 15) is 18.0 Å². The lowest BCUT2D eigenvalue weighted by atomic mass is 10.2. The molecule has 1 fully saturated rings. The number of nitrogens with zero attached hydrogens (tertiary/aromatic N) is 3. The third-order valence-corrected chi connectivity index (χ3v) is 5.81. The van der Waals surface area contributed by atoms with Gasteiger partial charge in [-0.2, -0.15) is 4.31 Å². The Morgan fingerprint density at radius 2 is 1.63 bits per heavy atom. The molecular formula is C18H21N3O5S. The summed E-state index contributed by atoms with van der Waals surface area (Å²) in [7, 11) is -1.69. The SMILES string of the molecule is COc1ccc(-n2cc(C(=O)N3CCN(S(C)(=O)=O)CC3)ccc2=O)cc1. The predicted octanol–water partition coefficient (Wildman–Crippen LogP) is 0.564. The summed E-state index contributed by atoms with van der Waals surface area (Å²) in [5.74, 6) is 0.438. The van der Waals surface area contributed by atoms with Gasteiger partial charge in [0.2, 0.25) is 10.0 Å². The minimum atomic E-state index is -3.25. The van der Waals surface area contributed by atoms with Crippen LogP contribution in [0.2, 0.25) is 0 Å². The largest absolute Gasteiger partial charge is 0.497 e. The minimum absolute atomic E-state index is 0.231. The van der Waals surface area contributed by atoms with Crippen LogP contribution in [0, 0.1) is 0 Å². The standard InChI is InChI=1S/C18H21N3O5S/c1-26-16-6-4-15(5-7-16)21-13-14(3-8-17(21)22)18(23)19-9-11-20(12-10-19)27(2,24)25/h3-8,13H,9-12H2,1-2H3. The first-order chi connectivity index (χ1) is 12.8. The fourth-order valence-electron chi connectivity index (χ4n) is 2.96. The first-order valence-corrected chi connectivity index (χ1v) is 10.3. The maximum Gasteiger partial charge on any atom is 0.255 e. The molecule has 0 aliphatic carbocycles. The van der Waals surface area contributed by atoms with E-state index in [-0.39, 0.29) is 24.6 Å². The molecule has 9 heteroatoms. The molecule has 8 nitrogen and oxygen atoms in total. The molecule has 1 amide bonds. The zero-order valence-electron chi connectivity index (χ0n) is 15.2. The predicted molar refractivity (Wildman–Crippen MR) is 101 cm³/mol. The number of carbonyl (C=O) groups excluding carboxylic acids is 1. The second-order valence-electron chi connectivity index (χ2n) is 6.28. The summed E-state index contributed by atoms with van der Waals surface area (Å²) < 4.78 is 31.1. The Hall–Kier alpha value is -2.65. The van der Waals surface area contributed by atoms with E-state index < -0.39 is 10.0 Å². The number of ether oxygens (including phenoxy) is 1. The summed E-state index contributed by atoms with van der Waals surface area (Å²) >= 11 is 0. The van der Waals surface area contributed by atoms with Crippen LogP contribution in [0.5, 0.6) is 5.75 Å². The Balaban J connectivity index is 1.81. The monoisotopic (exact) mass is 391 g/mol. The summed E-state index contributed by atoms with van der Waals surface area (Å²) in [6, 6.07) is 9.79. The average molecular weight is 391 g/mol. The highest BCUT2D eigenvalue weighted by molar-refractivity contribution is 7.88. The first kappa shape index (κ1) is 19.1. The lowest BCUT2D eigenvalue weighted by Crippen LogP contribution is -2.50. The summed E-state index contributed by atoms with van der Waals surface area (Å²) in [4.78, 5) is 26.6. The van der Waals surface area contributed by atoms with Crippen molar-refractivity contribution in [2.45, 2.75) is 0 Å². The van der Waals surface area contributed by atoms with Crippen molar-refractivity contribution >= 4 is 15.9 Å². The smallest absolute Gasteiger partial charge is 0.255 e. The molecule has 0 saturated carbocycles. The van der Waals surface area contributed by atoms with Gasteiger partial charge in [-0.15, -0.1) is 0 Å². The van der Waals surface area contributed by atoms with E-state index in [0.717, 1.165) is 6.26 Å². The second-order valence-corrected chi connectivity index (χ2v) is 8.26. The molecule has 144 valence electrons. The first-order valence-electron chi connectivity index (χ1n) is 8.41. The average Bonchev–Trinajstić information content (AvgIpc) is 2.67. The lowest BCUT2D eigenvalue weighted by molar-refractivity contribution is 0.0697. The molecule has 27 heavy (non-hydrogen) atoms. The zero-order valence-corrected chi connectivity index (χ0v) is 16.0. The zero-order chi connectivity index (χ0) is 19.6. The Morgan fingerprint density at radius 3 is 2.19 bits per heavy atom. The number of aromatic nitrogens is 1. The van der Waals surface area contributed by atoms with Gasteiger partial charge >= 0.3 is 0 Å². The molecule has 0 bridgehead atoms. The third kappa shape index (κ3) is 4.20. The van der Waals surface area contributed by atoms with Crippen molar-refractivity contribution in [2.75, 3.05) is 39.5 Å². The second kappa shape index (κ2) is 7.53. The number of sulfonamides is 1. The van der Waals surface area contributed by atoms with Gasteiger partial charge in [0.1, 0.15) is 5.75 Å². The molecule has 1 aromatic heterocycles. The summed E-state index contributed by atoms with van der Waals surface area (Å²) in [6.07, 6.45) is 2.67. The summed E-state index contributed by atoms with van der Waals surface area (Å²) in [5, 5.41) is 0. The van der Waals surface area contributed by atoms with Crippen molar-refractivity contribution < 1.29 is 17.9 Å². The Bertz CT molecular complexity index is 990. The van der Waals surface area contributed by atoms with Crippen LogP contribution < -0.4 is 10.3 Å². The number of pyridine rings is 1. The molecule has 1 aliphatic heterocycles. The van der Waals surface area contributed by atoms with Crippen LogP contribution >= 0.6 is 0 Å². The highest BCUT2D eigenvalue weighted by Gasteiger charge is 2.26. The fraction of sp³-hybridized carbons (Fsp3) is 0.333. The van der Waals surface area contributed by atoms with Gasteiger partial charge in [-0.3, -0.25) is 14.2 Å². The van der Waals surface area contributed by atoms with E-state index in [1.54, 1.807) is 36.3 Å². The molecular weight excluding hydrogens is 370 g/mol. The van der Waals surface area contributed by atoms with E-state index in [1.807, 2.05) is 0 Å². The number of benzene rings is 1. The number of hydrogen-bond donors (Lipinski definition) is 0. The summed E-state index contributed by atoms with van der Waals surface area (Å²) in [6.45, 7) is 1.16. The topological polar surface area (TPSA) is 88.9 Å². The summed E-state index contributed by atoms with van der Waals surface area (Å²) in [5.41, 5.74) is 0.745. The number of rotatable bonds is 4. The van der Waals surface area contributed by atoms with E-state index >= 15 is 0 Å². The van der Waals surface area contributed by atoms with E-state index in [2.05, 4.69) is 0 Å². The maximum atomic E-state index is 12.8. The normalized spacial score (nSPS) is 15.6. The highest BCUT2D eigenvalue weighted by Crippen LogP contribution is 2.15. The molecule has 0 unspecified atom stereocenters. The maximum absolute atomic E-state index is 12.8.